The normalized spacial score (nSPS) is 10.6. The molecule has 1 heterocycles. The number of nitrogens with one attached hydrogen (secondary N) is 2. The number of nitrogens with zero attached hydrogens (tertiary/aromatic N) is 2. The summed E-state index contributed by atoms with van der Waals surface area (Å²) in [5.41, 5.74) is 4.18. The first-order chi connectivity index (χ1) is 14.1. The van der Waals surface area contributed by atoms with Gasteiger partial charge in [-0.1, -0.05) is 30.3 Å². The van der Waals surface area contributed by atoms with Crippen molar-refractivity contribution >= 4 is 29.4 Å². The van der Waals surface area contributed by atoms with Crippen LogP contribution in [0.1, 0.15) is 25.0 Å². The van der Waals surface area contributed by atoms with E-state index < -0.39 is 0 Å². The van der Waals surface area contributed by atoms with E-state index in [1.165, 1.54) is 5.56 Å². The van der Waals surface area contributed by atoms with Crippen LogP contribution < -0.4 is 14.9 Å². The zero-order valence-electron chi connectivity index (χ0n) is 16.7. The summed E-state index contributed by atoms with van der Waals surface area (Å²) in [4.78, 5) is 16.1. The summed E-state index contributed by atoms with van der Waals surface area (Å²) >= 11 is 1.79. The predicted octanol–water partition coefficient (Wildman–Crippen LogP) is 5.47. The summed E-state index contributed by atoms with van der Waals surface area (Å²) < 4.78 is 2.29. The highest BCUT2D eigenvalue weighted by Gasteiger charge is 2.12. The molecule has 0 radical (unpaired) electrons. The van der Waals surface area contributed by atoms with Crippen molar-refractivity contribution in [3.63, 3.8) is 0 Å². The fourth-order valence-corrected chi connectivity index (χ4v) is 3.84. The Morgan fingerprint density at radius 1 is 0.966 bits per heavy atom. The molecule has 0 spiro atoms. The third-order valence-electron chi connectivity index (χ3n) is 4.26. The molecule has 5 nitrogen and oxygen atoms in total. The van der Waals surface area contributed by atoms with E-state index in [9.17, 15) is 4.79 Å². The minimum atomic E-state index is -0.228. The number of carbonyl (C=O) groups is 1. The van der Waals surface area contributed by atoms with E-state index in [0.717, 1.165) is 22.7 Å². The van der Waals surface area contributed by atoms with Crippen LogP contribution in [0.4, 0.5) is 16.2 Å². The molecular weight excluding hydrogens is 380 g/mol. The van der Waals surface area contributed by atoms with Gasteiger partial charge >= 0.3 is 6.03 Å². The maximum atomic E-state index is 12.1. The SMILES string of the molecule is CC(C)N(SCc1ccccc1)c1ccc(NC(=O)NCc2ccncc2)cc1. The molecule has 6 heteroatoms. The van der Waals surface area contributed by atoms with Gasteiger partial charge in [0.1, 0.15) is 0 Å². The third-order valence-corrected chi connectivity index (χ3v) is 5.64. The van der Waals surface area contributed by atoms with E-state index >= 15 is 0 Å². The van der Waals surface area contributed by atoms with Crippen LogP contribution in [0, 0.1) is 0 Å². The molecule has 2 N–H and O–H groups in total. The van der Waals surface area contributed by atoms with Gasteiger partial charge < -0.3 is 14.9 Å². The molecular formula is C23H26N4OS. The van der Waals surface area contributed by atoms with E-state index in [2.05, 4.69) is 58.0 Å². The molecule has 2 aromatic carbocycles. The molecule has 0 fully saturated rings. The summed E-state index contributed by atoms with van der Waals surface area (Å²) in [6.07, 6.45) is 3.42. The minimum absolute atomic E-state index is 0.228. The van der Waals surface area contributed by atoms with Gasteiger partial charge in [-0.2, -0.15) is 0 Å². The molecule has 0 aliphatic heterocycles. The summed E-state index contributed by atoms with van der Waals surface area (Å²) in [7, 11) is 0. The molecule has 0 unspecified atom stereocenters. The maximum absolute atomic E-state index is 12.1. The Hall–Kier alpha value is -2.99. The van der Waals surface area contributed by atoms with Crippen molar-refractivity contribution in [1.82, 2.24) is 10.3 Å². The van der Waals surface area contributed by atoms with Gasteiger partial charge in [-0.05, 0) is 73.3 Å². The van der Waals surface area contributed by atoms with Crippen LogP contribution >= 0.6 is 11.9 Å². The van der Waals surface area contributed by atoms with Crippen molar-refractivity contribution in [3.8, 4) is 0 Å². The second kappa shape index (κ2) is 10.5. The lowest BCUT2D eigenvalue weighted by Gasteiger charge is -2.27. The Labute approximate surface area is 176 Å². The van der Waals surface area contributed by atoms with Gasteiger partial charge in [0.15, 0.2) is 0 Å². The number of pyridine rings is 1. The number of aromatic nitrogens is 1. The number of rotatable bonds is 8. The fourth-order valence-electron chi connectivity index (χ4n) is 2.79. The van der Waals surface area contributed by atoms with Crippen LogP contribution in [-0.2, 0) is 12.3 Å². The second-order valence-electron chi connectivity index (χ2n) is 6.89. The number of hydrogen-bond acceptors (Lipinski definition) is 4. The first kappa shape index (κ1) is 20.7. The first-order valence-corrected chi connectivity index (χ1v) is 10.6. The van der Waals surface area contributed by atoms with E-state index in [1.54, 1.807) is 24.3 Å². The highest BCUT2D eigenvalue weighted by Crippen LogP contribution is 2.29. The van der Waals surface area contributed by atoms with Gasteiger partial charge in [0.25, 0.3) is 0 Å². The number of benzene rings is 2. The maximum Gasteiger partial charge on any atom is 0.319 e. The molecule has 0 aliphatic carbocycles. The highest BCUT2D eigenvalue weighted by atomic mass is 32.2. The molecule has 0 saturated carbocycles. The van der Waals surface area contributed by atoms with E-state index in [-0.39, 0.29) is 6.03 Å². The first-order valence-electron chi connectivity index (χ1n) is 9.62. The van der Waals surface area contributed by atoms with E-state index in [1.807, 2.05) is 42.5 Å². The van der Waals surface area contributed by atoms with Gasteiger partial charge in [-0.25, -0.2) is 4.79 Å². The zero-order chi connectivity index (χ0) is 20.5. The predicted molar refractivity (Wildman–Crippen MR) is 122 cm³/mol. The average molecular weight is 407 g/mol. The molecule has 3 aromatic rings. The van der Waals surface area contributed by atoms with Crippen molar-refractivity contribution in [2.75, 3.05) is 9.62 Å². The Morgan fingerprint density at radius 2 is 1.66 bits per heavy atom. The quantitative estimate of drug-likeness (QED) is 0.487. The Bertz CT molecular complexity index is 886. The number of amides is 2. The zero-order valence-corrected chi connectivity index (χ0v) is 17.5. The van der Waals surface area contributed by atoms with Gasteiger partial charge in [-0.15, -0.1) is 0 Å². The smallest absolute Gasteiger partial charge is 0.319 e. The van der Waals surface area contributed by atoms with Gasteiger partial charge in [-0.3, -0.25) is 4.98 Å². The summed E-state index contributed by atoms with van der Waals surface area (Å²) in [5, 5.41) is 5.72. The number of carbonyl (C=O) groups excluding carboxylic acids is 1. The lowest BCUT2D eigenvalue weighted by atomic mass is 10.2. The molecule has 150 valence electrons. The van der Waals surface area contributed by atoms with Crippen LogP contribution in [0.3, 0.4) is 0 Å². The molecule has 0 bridgehead atoms. The Balaban J connectivity index is 1.55. The summed E-state index contributed by atoms with van der Waals surface area (Å²) in [6, 6.07) is 22.3. The van der Waals surface area contributed by atoms with Crippen molar-refractivity contribution in [3.05, 3.63) is 90.3 Å². The highest BCUT2D eigenvalue weighted by molar-refractivity contribution is 7.99. The third kappa shape index (κ3) is 6.54. The lowest BCUT2D eigenvalue weighted by molar-refractivity contribution is 0.251. The summed E-state index contributed by atoms with van der Waals surface area (Å²) in [6.45, 7) is 4.82. The van der Waals surface area contributed by atoms with Gasteiger partial charge in [0, 0.05) is 42.1 Å². The number of anilines is 2. The van der Waals surface area contributed by atoms with Crippen molar-refractivity contribution in [2.45, 2.75) is 32.2 Å². The van der Waals surface area contributed by atoms with Crippen LogP contribution in [0.15, 0.2) is 79.1 Å². The van der Waals surface area contributed by atoms with E-state index in [0.29, 0.717) is 12.6 Å². The number of hydrogen-bond donors (Lipinski definition) is 2. The standard InChI is InChI=1S/C23H26N4OS/c1-18(2)27(29-17-20-6-4-3-5-7-20)22-10-8-21(9-11-22)26-23(28)25-16-19-12-14-24-15-13-19/h3-15,18H,16-17H2,1-2H3,(H2,25,26,28). The number of urea groups is 1. The van der Waals surface area contributed by atoms with Gasteiger partial charge in [0.2, 0.25) is 0 Å². The van der Waals surface area contributed by atoms with Gasteiger partial charge in [0.05, 0.1) is 0 Å². The van der Waals surface area contributed by atoms with E-state index in [4.69, 9.17) is 0 Å². The topological polar surface area (TPSA) is 57.3 Å². The molecule has 1 aromatic heterocycles. The van der Waals surface area contributed by atoms with Crippen LogP contribution in [0.5, 0.6) is 0 Å². The monoisotopic (exact) mass is 406 g/mol. The van der Waals surface area contributed by atoms with Crippen molar-refractivity contribution in [1.29, 1.82) is 0 Å². The second-order valence-corrected chi connectivity index (χ2v) is 7.83. The average Bonchev–Trinajstić information content (AvgIpc) is 2.75. The molecule has 0 atom stereocenters. The Morgan fingerprint density at radius 3 is 2.31 bits per heavy atom. The molecule has 3 rings (SSSR count). The van der Waals surface area contributed by atoms with Crippen molar-refractivity contribution < 1.29 is 4.79 Å². The minimum Gasteiger partial charge on any atom is -0.334 e. The molecule has 0 saturated heterocycles. The largest absolute Gasteiger partial charge is 0.334 e. The molecule has 29 heavy (non-hydrogen) atoms. The van der Waals surface area contributed by atoms with Crippen LogP contribution in [0.2, 0.25) is 0 Å². The van der Waals surface area contributed by atoms with Crippen LogP contribution in [-0.4, -0.2) is 17.1 Å². The lowest BCUT2D eigenvalue weighted by Crippen LogP contribution is -2.28. The molecule has 2 amide bonds. The van der Waals surface area contributed by atoms with Crippen molar-refractivity contribution in [2.24, 2.45) is 0 Å². The Kier molecular flexibility index (Phi) is 7.53. The molecule has 0 aliphatic rings. The summed E-state index contributed by atoms with van der Waals surface area (Å²) in [5.74, 6) is 0.913. The van der Waals surface area contributed by atoms with Crippen LogP contribution in [0.25, 0.3) is 0 Å². The fraction of sp³-hybridized carbons (Fsp3) is 0.217.